The van der Waals surface area contributed by atoms with Gasteiger partial charge in [0.1, 0.15) is 12.8 Å². The zero-order chi connectivity index (χ0) is 12.8. The van der Waals surface area contributed by atoms with E-state index in [1.54, 1.807) is 7.11 Å². The molecule has 0 aliphatic rings. The van der Waals surface area contributed by atoms with E-state index < -0.39 is 6.10 Å². The number of anilines is 1. The molecule has 0 fully saturated rings. The fraction of sp³-hybridized carbons (Fsp3) is 0.200. The maximum atomic E-state index is 10.2. The Kier molecular flexibility index (Phi) is 4.34. The number of nitrogens with one attached hydrogen (secondary N) is 1. The van der Waals surface area contributed by atoms with Crippen LogP contribution in [0.3, 0.4) is 0 Å². The van der Waals surface area contributed by atoms with Crippen LogP contribution >= 0.6 is 0 Å². The Morgan fingerprint density at radius 1 is 1.00 bits per heavy atom. The van der Waals surface area contributed by atoms with Crippen molar-refractivity contribution < 1.29 is 9.84 Å². The second-order valence-electron chi connectivity index (χ2n) is 4.05. The maximum Gasteiger partial charge on any atom is 0.116 e. The van der Waals surface area contributed by atoms with Crippen LogP contribution in [0.1, 0.15) is 17.2 Å². The van der Waals surface area contributed by atoms with Gasteiger partial charge in [0, 0.05) is 12.8 Å². The van der Waals surface area contributed by atoms with E-state index in [1.165, 1.54) is 0 Å². The highest BCUT2D eigenvalue weighted by Gasteiger charge is 2.09. The molecule has 0 amide bonds. The summed E-state index contributed by atoms with van der Waals surface area (Å²) in [6.07, 6.45) is -0.581. The number of ether oxygens (including phenoxy) is 1. The summed E-state index contributed by atoms with van der Waals surface area (Å²) in [6.45, 7) is 0.473. The van der Waals surface area contributed by atoms with Gasteiger partial charge in [0.25, 0.3) is 0 Å². The van der Waals surface area contributed by atoms with Crippen LogP contribution < -0.4 is 5.32 Å². The van der Waals surface area contributed by atoms with Crippen LogP contribution in [0.2, 0.25) is 0 Å². The molecule has 0 aliphatic carbocycles. The third-order valence-electron chi connectivity index (χ3n) is 2.76. The lowest BCUT2D eigenvalue weighted by Crippen LogP contribution is -2.03. The van der Waals surface area contributed by atoms with Crippen LogP contribution in [0.25, 0.3) is 0 Å². The zero-order valence-corrected chi connectivity index (χ0v) is 10.3. The Morgan fingerprint density at radius 3 is 2.22 bits per heavy atom. The van der Waals surface area contributed by atoms with Gasteiger partial charge in [-0.25, -0.2) is 0 Å². The molecule has 2 aromatic rings. The standard InChI is InChI=1S/C15H17NO2/c1-18-11-16-14-9-7-13(8-10-14)15(17)12-5-3-2-4-6-12/h2-10,15-17H,11H2,1H3. The van der Waals surface area contributed by atoms with Crippen molar-refractivity contribution >= 4 is 5.69 Å². The zero-order valence-electron chi connectivity index (χ0n) is 10.3. The van der Waals surface area contributed by atoms with E-state index in [1.807, 2.05) is 54.6 Å². The number of hydrogen-bond acceptors (Lipinski definition) is 3. The summed E-state index contributed by atoms with van der Waals surface area (Å²) in [5, 5.41) is 13.3. The Balaban J connectivity index is 2.09. The third-order valence-corrected chi connectivity index (χ3v) is 2.76. The van der Waals surface area contributed by atoms with E-state index >= 15 is 0 Å². The fourth-order valence-corrected chi connectivity index (χ4v) is 1.77. The molecule has 0 bridgehead atoms. The van der Waals surface area contributed by atoms with E-state index in [4.69, 9.17) is 4.74 Å². The van der Waals surface area contributed by atoms with Gasteiger partial charge in [-0.1, -0.05) is 42.5 Å². The Morgan fingerprint density at radius 2 is 1.61 bits per heavy atom. The number of aliphatic hydroxyl groups excluding tert-OH is 1. The van der Waals surface area contributed by atoms with Crippen molar-refractivity contribution in [3.63, 3.8) is 0 Å². The van der Waals surface area contributed by atoms with Crippen LogP contribution in [0, 0.1) is 0 Å². The van der Waals surface area contributed by atoms with Gasteiger partial charge in [0.15, 0.2) is 0 Å². The summed E-state index contributed by atoms with van der Waals surface area (Å²) in [5.74, 6) is 0. The molecule has 0 spiro atoms. The van der Waals surface area contributed by atoms with E-state index in [0.717, 1.165) is 16.8 Å². The minimum atomic E-state index is -0.581. The molecular formula is C15H17NO2. The first-order valence-electron chi connectivity index (χ1n) is 5.87. The van der Waals surface area contributed by atoms with Crippen LogP contribution in [-0.4, -0.2) is 18.9 Å². The van der Waals surface area contributed by atoms with Gasteiger partial charge >= 0.3 is 0 Å². The van der Waals surface area contributed by atoms with Crippen molar-refractivity contribution in [3.8, 4) is 0 Å². The normalized spacial score (nSPS) is 12.1. The van der Waals surface area contributed by atoms with Crippen LogP contribution in [-0.2, 0) is 4.74 Å². The average Bonchev–Trinajstić information content (AvgIpc) is 2.46. The molecule has 1 unspecified atom stereocenters. The molecule has 0 radical (unpaired) electrons. The highest BCUT2D eigenvalue weighted by atomic mass is 16.5. The van der Waals surface area contributed by atoms with Gasteiger partial charge < -0.3 is 15.2 Å². The largest absolute Gasteiger partial charge is 0.384 e. The molecule has 3 heteroatoms. The predicted octanol–water partition coefficient (Wildman–Crippen LogP) is 2.78. The van der Waals surface area contributed by atoms with E-state index in [-0.39, 0.29) is 0 Å². The number of rotatable bonds is 5. The highest BCUT2D eigenvalue weighted by Crippen LogP contribution is 2.22. The molecule has 0 saturated heterocycles. The first kappa shape index (κ1) is 12.6. The molecule has 0 aromatic heterocycles. The molecule has 3 nitrogen and oxygen atoms in total. The quantitative estimate of drug-likeness (QED) is 0.793. The van der Waals surface area contributed by atoms with Crippen molar-refractivity contribution in [2.24, 2.45) is 0 Å². The molecule has 0 saturated carbocycles. The average molecular weight is 243 g/mol. The molecule has 1 atom stereocenters. The topological polar surface area (TPSA) is 41.5 Å². The molecule has 0 heterocycles. The lowest BCUT2D eigenvalue weighted by atomic mass is 10.0. The minimum Gasteiger partial charge on any atom is -0.384 e. The summed E-state index contributed by atoms with van der Waals surface area (Å²) < 4.78 is 4.93. The Bertz CT molecular complexity index is 468. The van der Waals surface area contributed by atoms with E-state index in [0.29, 0.717) is 6.73 Å². The summed E-state index contributed by atoms with van der Waals surface area (Å²) in [4.78, 5) is 0. The highest BCUT2D eigenvalue weighted by molar-refractivity contribution is 5.45. The minimum absolute atomic E-state index is 0.473. The second-order valence-corrected chi connectivity index (χ2v) is 4.05. The second kappa shape index (κ2) is 6.19. The summed E-state index contributed by atoms with van der Waals surface area (Å²) in [5.41, 5.74) is 2.75. The first-order valence-corrected chi connectivity index (χ1v) is 5.87. The summed E-state index contributed by atoms with van der Waals surface area (Å²) in [7, 11) is 1.64. The monoisotopic (exact) mass is 243 g/mol. The number of aliphatic hydroxyl groups is 1. The van der Waals surface area contributed by atoms with Crippen molar-refractivity contribution in [1.29, 1.82) is 0 Å². The summed E-state index contributed by atoms with van der Waals surface area (Å²) in [6, 6.07) is 17.3. The predicted molar refractivity (Wildman–Crippen MR) is 72.4 cm³/mol. The first-order chi connectivity index (χ1) is 8.81. The molecule has 2 N–H and O–H groups in total. The fourth-order valence-electron chi connectivity index (χ4n) is 1.77. The van der Waals surface area contributed by atoms with Gasteiger partial charge in [-0.15, -0.1) is 0 Å². The number of hydrogen-bond donors (Lipinski definition) is 2. The molecule has 94 valence electrons. The van der Waals surface area contributed by atoms with Gasteiger partial charge in [-0.3, -0.25) is 0 Å². The SMILES string of the molecule is COCNc1ccc(C(O)c2ccccc2)cc1. The van der Waals surface area contributed by atoms with Crippen molar-refractivity contribution in [3.05, 3.63) is 65.7 Å². The van der Waals surface area contributed by atoms with Crippen LogP contribution in [0.4, 0.5) is 5.69 Å². The molecule has 0 aliphatic heterocycles. The van der Waals surface area contributed by atoms with Crippen LogP contribution in [0.5, 0.6) is 0 Å². The Labute approximate surface area is 107 Å². The van der Waals surface area contributed by atoms with Gasteiger partial charge in [-0.2, -0.15) is 0 Å². The van der Waals surface area contributed by atoms with Crippen molar-refractivity contribution in [2.75, 3.05) is 19.2 Å². The molecular weight excluding hydrogens is 226 g/mol. The smallest absolute Gasteiger partial charge is 0.116 e. The van der Waals surface area contributed by atoms with E-state index in [9.17, 15) is 5.11 Å². The van der Waals surface area contributed by atoms with Crippen LogP contribution in [0.15, 0.2) is 54.6 Å². The van der Waals surface area contributed by atoms with Gasteiger partial charge in [0.2, 0.25) is 0 Å². The lowest BCUT2D eigenvalue weighted by Gasteiger charge is -2.12. The lowest BCUT2D eigenvalue weighted by molar-refractivity contribution is 0.220. The van der Waals surface area contributed by atoms with E-state index in [2.05, 4.69) is 5.32 Å². The third kappa shape index (κ3) is 3.09. The summed E-state index contributed by atoms with van der Waals surface area (Å²) >= 11 is 0. The number of benzene rings is 2. The van der Waals surface area contributed by atoms with Gasteiger partial charge in [0.05, 0.1) is 0 Å². The van der Waals surface area contributed by atoms with Gasteiger partial charge in [-0.05, 0) is 23.3 Å². The number of methoxy groups -OCH3 is 1. The van der Waals surface area contributed by atoms with Crippen molar-refractivity contribution in [2.45, 2.75) is 6.10 Å². The van der Waals surface area contributed by atoms with Crippen molar-refractivity contribution in [1.82, 2.24) is 0 Å². The molecule has 2 rings (SSSR count). The molecule has 18 heavy (non-hydrogen) atoms. The Hall–Kier alpha value is -1.84. The maximum absolute atomic E-state index is 10.2. The molecule has 2 aromatic carbocycles.